The predicted molar refractivity (Wildman–Crippen MR) is 48.6 cm³/mol. The number of carboxylic acids is 1. The van der Waals surface area contributed by atoms with Crippen molar-refractivity contribution in [3.63, 3.8) is 0 Å². The summed E-state index contributed by atoms with van der Waals surface area (Å²) in [7, 11) is 1.11. The average molecular weight is 204 g/mol. The van der Waals surface area contributed by atoms with Gasteiger partial charge < -0.3 is 14.9 Å². The first kappa shape index (κ1) is 12.9. The number of carboxylic acid groups (broad SMARTS) is 1. The highest BCUT2D eigenvalue weighted by atomic mass is 16.5. The molecule has 82 valence electrons. The van der Waals surface area contributed by atoms with E-state index in [-0.39, 0.29) is 12.3 Å². The van der Waals surface area contributed by atoms with Gasteiger partial charge in [-0.1, -0.05) is 13.8 Å². The van der Waals surface area contributed by atoms with Gasteiger partial charge in [0.1, 0.15) is 0 Å². The number of esters is 1. The van der Waals surface area contributed by atoms with Gasteiger partial charge in [0.05, 0.1) is 13.0 Å². The molecule has 5 nitrogen and oxygen atoms in total. The van der Waals surface area contributed by atoms with Crippen molar-refractivity contribution in [2.45, 2.75) is 26.4 Å². The van der Waals surface area contributed by atoms with E-state index in [1.165, 1.54) is 0 Å². The van der Waals surface area contributed by atoms with Crippen molar-refractivity contribution in [3.05, 3.63) is 0 Å². The van der Waals surface area contributed by atoms with Crippen molar-refractivity contribution in [3.8, 4) is 0 Å². The molecule has 0 aliphatic carbocycles. The van der Waals surface area contributed by atoms with Crippen LogP contribution in [0.5, 0.6) is 0 Å². The minimum absolute atomic E-state index is 0.0930. The third-order valence-electron chi connectivity index (χ3n) is 1.87. The number of carbonyl (C=O) groups is 2. The molecule has 0 amide bonds. The molecule has 2 N–H and O–H groups in total. The zero-order valence-electron chi connectivity index (χ0n) is 8.56. The lowest BCUT2D eigenvalue weighted by Crippen LogP contribution is -2.36. The van der Waals surface area contributed by atoms with Crippen molar-refractivity contribution >= 4 is 11.9 Å². The van der Waals surface area contributed by atoms with Gasteiger partial charge in [-0.15, -0.1) is 0 Å². The molecule has 0 saturated carbocycles. The molecule has 0 rings (SSSR count). The summed E-state index contributed by atoms with van der Waals surface area (Å²) < 4.78 is 4.27. The van der Waals surface area contributed by atoms with Crippen molar-refractivity contribution in [1.29, 1.82) is 0 Å². The average Bonchev–Trinajstić information content (AvgIpc) is 2.11. The van der Waals surface area contributed by atoms with E-state index < -0.39 is 24.0 Å². The molecule has 0 heterocycles. The first-order chi connectivity index (χ1) is 6.40. The highest BCUT2D eigenvalue weighted by molar-refractivity contribution is 5.82. The number of aliphatic hydroxyl groups is 1. The molecule has 0 aromatic rings. The maximum absolute atomic E-state index is 10.9. The first-order valence-electron chi connectivity index (χ1n) is 4.38. The number of hydrogen-bond acceptors (Lipinski definition) is 4. The van der Waals surface area contributed by atoms with Gasteiger partial charge in [-0.2, -0.15) is 0 Å². The minimum Gasteiger partial charge on any atom is -0.481 e. The summed E-state index contributed by atoms with van der Waals surface area (Å²) in [4.78, 5) is 21.6. The van der Waals surface area contributed by atoms with Gasteiger partial charge in [0, 0.05) is 0 Å². The second-order valence-corrected chi connectivity index (χ2v) is 3.54. The Bertz CT molecular complexity index is 211. The standard InChI is InChI=1S/C9H16O5/c1-5(2)4-6(8(11)12)7(10)9(13)14-3/h5-7,10H,4H2,1-3H3,(H,11,12). The quantitative estimate of drug-likeness (QED) is 0.628. The molecule has 0 fully saturated rings. The van der Waals surface area contributed by atoms with Crippen LogP contribution < -0.4 is 0 Å². The van der Waals surface area contributed by atoms with Crippen LogP contribution in [0.1, 0.15) is 20.3 Å². The van der Waals surface area contributed by atoms with E-state index in [9.17, 15) is 14.7 Å². The van der Waals surface area contributed by atoms with Crippen LogP contribution in [0.4, 0.5) is 0 Å². The van der Waals surface area contributed by atoms with Crippen LogP contribution in [0.15, 0.2) is 0 Å². The normalized spacial score (nSPS) is 14.9. The fraction of sp³-hybridized carbons (Fsp3) is 0.778. The Kier molecular flexibility index (Phi) is 5.15. The summed E-state index contributed by atoms with van der Waals surface area (Å²) in [5.41, 5.74) is 0. The first-order valence-corrected chi connectivity index (χ1v) is 4.38. The molecule has 0 aromatic heterocycles. The molecular weight excluding hydrogens is 188 g/mol. The number of hydrogen-bond donors (Lipinski definition) is 2. The maximum Gasteiger partial charge on any atom is 0.335 e. The zero-order valence-corrected chi connectivity index (χ0v) is 8.56. The lowest BCUT2D eigenvalue weighted by Gasteiger charge is -2.18. The van der Waals surface area contributed by atoms with Crippen molar-refractivity contribution in [2.24, 2.45) is 11.8 Å². The molecule has 0 aromatic carbocycles. The Morgan fingerprint density at radius 2 is 1.86 bits per heavy atom. The summed E-state index contributed by atoms with van der Waals surface area (Å²) in [5, 5.41) is 18.1. The smallest absolute Gasteiger partial charge is 0.335 e. The number of aliphatic carboxylic acids is 1. The fourth-order valence-corrected chi connectivity index (χ4v) is 1.16. The number of methoxy groups -OCH3 is 1. The van der Waals surface area contributed by atoms with Crippen LogP contribution >= 0.6 is 0 Å². The third-order valence-corrected chi connectivity index (χ3v) is 1.87. The summed E-state index contributed by atoms with van der Waals surface area (Å²) in [6, 6.07) is 0. The van der Waals surface area contributed by atoms with Gasteiger partial charge in [0.2, 0.25) is 0 Å². The van der Waals surface area contributed by atoms with E-state index >= 15 is 0 Å². The lowest BCUT2D eigenvalue weighted by atomic mass is 9.92. The molecule has 0 saturated heterocycles. The fourth-order valence-electron chi connectivity index (χ4n) is 1.16. The molecule has 5 heteroatoms. The number of aliphatic hydroxyl groups excluding tert-OH is 1. The van der Waals surface area contributed by atoms with Gasteiger partial charge in [-0.3, -0.25) is 4.79 Å². The second kappa shape index (κ2) is 5.59. The van der Waals surface area contributed by atoms with Crippen LogP contribution in [0.2, 0.25) is 0 Å². The van der Waals surface area contributed by atoms with Crippen LogP contribution in [0.3, 0.4) is 0 Å². The molecule has 0 spiro atoms. The molecule has 0 aliphatic heterocycles. The Hall–Kier alpha value is -1.10. The number of ether oxygens (including phenoxy) is 1. The Labute approximate surface area is 82.7 Å². The molecule has 0 bridgehead atoms. The molecule has 2 unspecified atom stereocenters. The van der Waals surface area contributed by atoms with Gasteiger partial charge >= 0.3 is 11.9 Å². The monoisotopic (exact) mass is 204 g/mol. The highest BCUT2D eigenvalue weighted by Crippen LogP contribution is 2.16. The van der Waals surface area contributed by atoms with Crippen LogP contribution in [0.25, 0.3) is 0 Å². The molecule has 2 atom stereocenters. The van der Waals surface area contributed by atoms with Gasteiger partial charge in [-0.05, 0) is 12.3 Å². The topological polar surface area (TPSA) is 83.8 Å². The van der Waals surface area contributed by atoms with Gasteiger partial charge in [-0.25, -0.2) is 4.79 Å². The zero-order chi connectivity index (χ0) is 11.3. The van der Waals surface area contributed by atoms with Crippen molar-refractivity contribution in [2.75, 3.05) is 7.11 Å². The molecular formula is C9H16O5. The van der Waals surface area contributed by atoms with E-state index in [1.54, 1.807) is 0 Å². The minimum atomic E-state index is -1.58. The second-order valence-electron chi connectivity index (χ2n) is 3.54. The van der Waals surface area contributed by atoms with E-state index in [0.717, 1.165) is 7.11 Å². The van der Waals surface area contributed by atoms with Crippen LogP contribution in [-0.4, -0.2) is 35.4 Å². The summed E-state index contributed by atoms with van der Waals surface area (Å²) >= 11 is 0. The van der Waals surface area contributed by atoms with E-state index in [0.29, 0.717) is 0 Å². The van der Waals surface area contributed by atoms with E-state index in [4.69, 9.17) is 5.11 Å². The Balaban J connectivity index is 4.48. The van der Waals surface area contributed by atoms with Crippen LogP contribution in [0, 0.1) is 11.8 Å². The van der Waals surface area contributed by atoms with Crippen molar-refractivity contribution < 1.29 is 24.5 Å². The van der Waals surface area contributed by atoms with E-state index in [1.807, 2.05) is 13.8 Å². The summed E-state index contributed by atoms with van der Waals surface area (Å²) in [5.74, 6) is -3.09. The Morgan fingerprint density at radius 3 is 2.14 bits per heavy atom. The maximum atomic E-state index is 10.9. The lowest BCUT2D eigenvalue weighted by molar-refractivity contribution is -0.162. The van der Waals surface area contributed by atoms with Crippen LogP contribution in [-0.2, 0) is 14.3 Å². The van der Waals surface area contributed by atoms with Gasteiger partial charge in [0.15, 0.2) is 6.10 Å². The number of rotatable bonds is 5. The summed E-state index contributed by atoms with van der Waals surface area (Å²) in [6.07, 6.45) is -1.34. The number of carbonyl (C=O) groups excluding carboxylic acids is 1. The van der Waals surface area contributed by atoms with E-state index in [2.05, 4.69) is 4.74 Å². The highest BCUT2D eigenvalue weighted by Gasteiger charge is 2.33. The Morgan fingerprint density at radius 1 is 1.36 bits per heavy atom. The SMILES string of the molecule is COC(=O)C(O)C(CC(C)C)C(=O)O. The molecule has 0 radical (unpaired) electrons. The van der Waals surface area contributed by atoms with Gasteiger partial charge in [0.25, 0.3) is 0 Å². The largest absolute Gasteiger partial charge is 0.481 e. The third kappa shape index (κ3) is 3.74. The molecule has 14 heavy (non-hydrogen) atoms. The predicted octanol–water partition coefficient (Wildman–Crippen LogP) is 0.267. The molecule has 0 aliphatic rings. The van der Waals surface area contributed by atoms with Crippen molar-refractivity contribution in [1.82, 2.24) is 0 Å². The summed E-state index contributed by atoms with van der Waals surface area (Å²) in [6.45, 7) is 3.64.